The molecule has 1 aromatic heterocycles. The zero-order chi connectivity index (χ0) is 16.3. The van der Waals surface area contributed by atoms with Gasteiger partial charge >= 0.3 is 5.97 Å². The van der Waals surface area contributed by atoms with Crippen molar-refractivity contribution in [2.24, 2.45) is 0 Å². The molecule has 1 atom stereocenters. The third-order valence-electron chi connectivity index (χ3n) is 3.81. The summed E-state index contributed by atoms with van der Waals surface area (Å²) < 4.78 is 5.26. The molecule has 0 amide bonds. The van der Waals surface area contributed by atoms with Crippen LogP contribution in [0.5, 0.6) is 0 Å². The first-order valence-corrected chi connectivity index (χ1v) is 7.24. The van der Waals surface area contributed by atoms with E-state index in [0.717, 1.165) is 11.1 Å². The Bertz CT molecular complexity index is 776. The van der Waals surface area contributed by atoms with Gasteiger partial charge in [-0.3, -0.25) is 4.79 Å². The van der Waals surface area contributed by atoms with Gasteiger partial charge < -0.3 is 14.6 Å². The van der Waals surface area contributed by atoms with Crippen molar-refractivity contribution in [2.45, 2.75) is 12.0 Å². The lowest BCUT2D eigenvalue weighted by molar-refractivity contribution is -0.142. The normalized spacial score (nSPS) is 13.4. The second kappa shape index (κ2) is 6.10. The van der Waals surface area contributed by atoms with Crippen LogP contribution in [-0.2, 0) is 10.4 Å². The molecular weight excluding hydrogens is 292 g/mol. The molecule has 2 aromatic carbocycles. The minimum atomic E-state index is -1.69. The van der Waals surface area contributed by atoms with E-state index in [2.05, 4.69) is 0 Å². The fraction of sp³-hybridized carbons (Fsp3) is 0.105. The highest BCUT2D eigenvalue weighted by atomic mass is 16.4. The molecule has 0 fully saturated rings. The topological polar surface area (TPSA) is 70.7 Å². The smallest absolute Gasteiger partial charge is 0.307 e. The van der Waals surface area contributed by atoms with Gasteiger partial charge in [0, 0.05) is 0 Å². The molecule has 4 heteroatoms. The van der Waals surface area contributed by atoms with E-state index in [1.54, 1.807) is 24.3 Å². The van der Waals surface area contributed by atoms with Crippen LogP contribution < -0.4 is 0 Å². The van der Waals surface area contributed by atoms with Crippen molar-refractivity contribution in [3.05, 3.63) is 84.3 Å². The second-order valence-electron chi connectivity index (χ2n) is 5.35. The van der Waals surface area contributed by atoms with E-state index >= 15 is 0 Å². The molecule has 4 nitrogen and oxygen atoms in total. The fourth-order valence-electron chi connectivity index (χ4n) is 2.63. The number of carboxylic acid groups (broad SMARTS) is 1. The van der Waals surface area contributed by atoms with Crippen molar-refractivity contribution in [3.63, 3.8) is 0 Å². The molecule has 2 N–H and O–H groups in total. The van der Waals surface area contributed by atoms with E-state index < -0.39 is 18.0 Å². The maximum atomic E-state index is 11.2. The summed E-state index contributed by atoms with van der Waals surface area (Å²) in [5.74, 6) is -0.886. The Labute approximate surface area is 133 Å². The maximum Gasteiger partial charge on any atom is 0.307 e. The monoisotopic (exact) mass is 308 g/mol. The first-order chi connectivity index (χ1) is 11.1. The maximum absolute atomic E-state index is 11.2. The van der Waals surface area contributed by atoms with Gasteiger partial charge in [-0.2, -0.15) is 0 Å². The number of benzene rings is 2. The molecule has 3 aromatic rings. The summed E-state index contributed by atoms with van der Waals surface area (Å²) in [6, 6.07) is 20.2. The van der Waals surface area contributed by atoms with E-state index in [1.807, 2.05) is 42.5 Å². The number of furan rings is 1. The molecule has 0 radical (unpaired) electrons. The van der Waals surface area contributed by atoms with Crippen LogP contribution in [-0.4, -0.2) is 16.2 Å². The highest BCUT2D eigenvalue weighted by Crippen LogP contribution is 2.34. The number of hydrogen-bond acceptors (Lipinski definition) is 3. The molecule has 0 bridgehead atoms. The summed E-state index contributed by atoms with van der Waals surface area (Å²) in [6.45, 7) is 0. The van der Waals surface area contributed by atoms with Gasteiger partial charge in [0.25, 0.3) is 0 Å². The van der Waals surface area contributed by atoms with Gasteiger partial charge in [-0.15, -0.1) is 0 Å². The lowest BCUT2D eigenvalue weighted by Crippen LogP contribution is -2.30. The van der Waals surface area contributed by atoms with Crippen molar-refractivity contribution in [1.82, 2.24) is 0 Å². The van der Waals surface area contributed by atoms with Crippen molar-refractivity contribution < 1.29 is 19.4 Å². The Morgan fingerprint density at radius 1 is 0.913 bits per heavy atom. The minimum Gasteiger partial charge on any atom is -0.481 e. The number of aliphatic hydroxyl groups is 1. The second-order valence-corrected chi connectivity index (χ2v) is 5.35. The van der Waals surface area contributed by atoms with Gasteiger partial charge in [-0.1, -0.05) is 54.6 Å². The Morgan fingerprint density at radius 3 is 2.13 bits per heavy atom. The molecule has 1 heterocycles. The van der Waals surface area contributed by atoms with Crippen molar-refractivity contribution >= 4 is 5.97 Å². The highest BCUT2D eigenvalue weighted by molar-refractivity contribution is 5.70. The summed E-state index contributed by atoms with van der Waals surface area (Å²) in [4.78, 5) is 11.2. The van der Waals surface area contributed by atoms with Gasteiger partial charge in [-0.05, 0) is 28.8 Å². The number of aliphatic carboxylic acids is 1. The standard InChI is InChI=1S/C19H16O4/c20-18(21)13-19(22,17-7-4-12-23-17)16-10-8-15(9-11-16)14-5-2-1-3-6-14/h1-12,22H,13H2,(H,20,21)/t19-/m1/s1. The Kier molecular flexibility index (Phi) is 4.00. The van der Waals surface area contributed by atoms with Gasteiger partial charge in [-0.25, -0.2) is 0 Å². The van der Waals surface area contributed by atoms with Crippen LogP contribution >= 0.6 is 0 Å². The lowest BCUT2D eigenvalue weighted by Gasteiger charge is -2.25. The largest absolute Gasteiger partial charge is 0.481 e. The highest BCUT2D eigenvalue weighted by Gasteiger charge is 2.37. The minimum absolute atomic E-state index is 0.215. The predicted octanol–water partition coefficient (Wildman–Crippen LogP) is 3.66. The molecule has 0 saturated heterocycles. The average molecular weight is 308 g/mol. The van der Waals surface area contributed by atoms with Crippen molar-refractivity contribution in [3.8, 4) is 11.1 Å². The van der Waals surface area contributed by atoms with Crippen LogP contribution in [0.3, 0.4) is 0 Å². The van der Waals surface area contributed by atoms with Crippen molar-refractivity contribution in [2.75, 3.05) is 0 Å². The van der Waals surface area contributed by atoms with E-state index in [1.165, 1.54) is 6.26 Å². The Morgan fingerprint density at radius 2 is 1.57 bits per heavy atom. The number of hydrogen-bond donors (Lipinski definition) is 2. The predicted molar refractivity (Wildman–Crippen MR) is 85.8 cm³/mol. The first-order valence-electron chi connectivity index (χ1n) is 7.24. The van der Waals surface area contributed by atoms with Crippen LogP contribution in [0.1, 0.15) is 17.7 Å². The van der Waals surface area contributed by atoms with Crippen LogP contribution in [0, 0.1) is 0 Å². The summed E-state index contributed by atoms with van der Waals surface area (Å²) in [6.07, 6.45) is 0.950. The average Bonchev–Trinajstić information content (AvgIpc) is 3.10. The Balaban J connectivity index is 1.99. The van der Waals surface area contributed by atoms with E-state index in [-0.39, 0.29) is 5.76 Å². The van der Waals surface area contributed by atoms with Crippen LogP contribution in [0.2, 0.25) is 0 Å². The summed E-state index contributed by atoms with van der Waals surface area (Å²) in [7, 11) is 0. The number of rotatable bonds is 5. The lowest BCUT2D eigenvalue weighted by atomic mass is 9.87. The molecule has 116 valence electrons. The molecule has 0 spiro atoms. The zero-order valence-corrected chi connectivity index (χ0v) is 12.3. The van der Waals surface area contributed by atoms with Gasteiger partial charge in [0.2, 0.25) is 0 Å². The third kappa shape index (κ3) is 3.03. The van der Waals surface area contributed by atoms with Crippen LogP contribution in [0.25, 0.3) is 11.1 Å². The number of carbonyl (C=O) groups is 1. The molecule has 3 rings (SSSR count). The molecule has 0 saturated carbocycles. The van der Waals surface area contributed by atoms with Gasteiger partial charge in [0.05, 0.1) is 12.7 Å². The first kappa shape index (κ1) is 15.1. The summed E-state index contributed by atoms with van der Waals surface area (Å²) in [5.41, 5.74) is 0.838. The van der Waals surface area contributed by atoms with Gasteiger partial charge in [0.15, 0.2) is 5.60 Å². The van der Waals surface area contributed by atoms with Crippen LogP contribution in [0.4, 0.5) is 0 Å². The quantitative estimate of drug-likeness (QED) is 0.754. The SMILES string of the molecule is O=C(O)C[C@@](O)(c1ccc(-c2ccccc2)cc1)c1ccco1. The summed E-state index contributed by atoms with van der Waals surface area (Å²) >= 11 is 0. The molecular formula is C19H16O4. The zero-order valence-electron chi connectivity index (χ0n) is 12.3. The van der Waals surface area contributed by atoms with E-state index in [0.29, 0.717) is 5.56 Å². The molecule has 0 aliphatic heterocycles. The molecule has 0 aliphatic carbocycles. The molecule has 0 aliphatic rings. The van der Waals surface area contributed by atoms with E-state index in [4.69, 9.17) is 9.52 Å². The molecule has 0 unspecified atom stereocenters. The molecule has 23 heavy (non-hydrogen) atoms. The Hall–Kier alpha value is -2.85. The summed E-state index contributed by atoms with van der Waals surface area (Å²) in [5, 5.41) is 20.0. The van der Waals surface area contributed by atoms with E-state index in [9.17, 15) is 9.90 Å². The van der Waals surface area contributed by atoms with Gasteiger partial charge in [0.1, 0.15) is 5.76 Å². The number of carboxylic acids is 1. The van der Waals surface area contributed by atoms with Crippen LogP contribution in [0.15, 0.2) is 77.4 Å². The fourth-order valence-corrected chi connectivity index (χ4v) is 2.63. The third-order valence-corrected chi connectivity index (χ3v) is 3.81. The van der Waals surface area contributed by atoms with Crippen molar-refractivity contribution in [1.29, 1.82) is 0 Å².